The monoisotopic (exact) mass is 566 g/mol. The van der Waals surface area contributed by atoms with E-state index in [1.54, 1.807) is 6.08 Å². The summed E-state index contributed by atoms with van der Waals surface area (Å²) in [5.41, 5.74) is 0. The van der Waals surface area contributed by atoms with Gasteiger partial charge in [-0.2, -0.15) is 0 Å². The van der Waals surface area contributed by atoms with Crippen molar-refractivity contribution in [2.24, 2.45) is 0 Å². The molecule has 238 valence electrons. The molecule has 0 bridgehead atoms. The van der Waals surface area contributed by atoms with Crippen molar-refractivity contribution in [3.63, 3.8) is 0 Å². The van der Waals surface area contributed by atoms with Crippen molar-refractivity contribution >= 4 is 5.91 Å². The molecule has 0 aliphatic heterocycles. The number of hydrogen-bond donors (Lipinski definition) is 3. The molecule has 4 nitrogen and oxygen atoms in total. The summed E-state index contributed by atoms with van der Waals surface area (Å²) in [6.07, 6.45) is 38.6. The first-order valence-electron chi connectivity index (χ1n) is 17.9. The number of unbranched alkanes of at least 4 members (excludes halogenated alkanes) is 25. The van der Waals surface area contributed by atoms with Gasteiger partial charge in [-0.15, -0.1) is 0 Å². The van der Waals surface area contributed by atoms with Gasteiger partial charge in [-0.25, -0.2) is 0 Å². The summed E-state index contributed by atoms with van der Waals surface area (Å²) in [7, 11) is 0. The van der Waals surface area contributed by atoms with E-state index in [0.717, 1.165) is 25.7 Å². The molecule has 0 aromatic carbocycles. The fourth-order valence-electron chi connectivity index (χ4n) is 5.47. The smallest absolute Gasteiger partial charge is 0.220 e. The Labute approximate surface area is 250 Å². The molecule has 2 atom stereocenters. The van der Waals surface area contributed by atoms with Gasteiger partial charge in [0, 0.05) is 6.42 Å². The van der Waals surface area contributed by atoms with Gasteiger partial charge >= 0.3 is 0 Å². The maximum atomic E-state index is 12.3. The molecule has 0 spiro atoms. The van der Waals surface area contributed by atoms with Crippen molar-refractivity contribution in [3.8, 4) is 0 Å². The fourth-order valence-corrected chi connectivity index (χ4v) is 5.47. The second-order valence-electron chi connectivity index (χ2n) is 12.3. The second kappa shape index (κ2) is 32.6. The first-order chi connectivity index (χ1) is 19.7. The topological polar surface area (TPSA) is 69.6 Å². The van der Waals surface area contributed by atoms with Crippen molar-refractivity contribution in [1.29, 1.82) is 0 Å². The number of aliphatic hydroxyl groups is 2. The molecule has 0 aromatic rings. The van der Waals surface area contributed by atoms with E-state index in [-0.39, 0.29) is 12.5 Å². The minimum Gasteiger partial charge on any atom is -0.394 e. The van der Waals surface area contributed by atoms with E-state index in [2.05, 4.69) is 19.2 Å². The summed E-state index contributed by atoms with van der Waals surface area (Å²) in [5, 5.41) is 22.8. The second-order valence-corrected chi connectivity index (χ2v) is 12.3. The minimum absolute atomic E-state index is 0.0643. The van der Waals surface area contributed by atoms with Crippen LogP contribution in [0.5, 0.6) is 0 Å². The summed E-state index contributed by atoms with van der Waals surface area (Å²) >= 11 is 0. The first-order valence-corrected chi connectivity index (χ1v) is 17.9. The summed E-state index contributed by atoms with van der Waals surface area (Å²) in [6, 6.07) is -0.614. The van der Waals surface area contributed by atoms with E-state index in [4.69, 9.17) is 0 Å². The van der Waals surface area contributed by atoms with E-state index >= 15 is 0 Å². The number of carbonyl (C=O) groups excluding carboxylic acids is 1. The Morgan fingerprint density at radius 2 is 0.925 bits per heavy atom. The average Bonchev–Trinajstić information content (AvgIpc) is 2.96. The third-order valence-electron chi connectivity index (χ3n) is 8.27. The molecule has 1 amide bonds. The highest BCUT2D eigenvalue weighted by atomic mass is 16.3. The van der Waals surface area contributed by atoms with E-state index in [1.165, 1.54) is 148 Å². The molecule has 0 saturated heterocycles. The Hall–Kier alpha value is -0.870. The number of allylic oxidation sites excluding steroid dienone is 1. The molecule has 0 aliphatic carbocycles. The third-order valence-corrected chi connectivity index (χ3v) is 8.27. The zero-order valence-corrected chi connectivity index (χ0v) is 27.1. The van der Waals surface area contributed by atoms with E-state index in [9.17, 15) is 15.0 Å². The molecule has 0 saturated carbocycles. The molecular formula is C36H71NO3. The van der Waals surface area contributed by atoms with Gasteiger partial charge in [-0.1, -0.05) is 180 Å². The Kier molecular flexibility index (Phi) is 31.9. The number of nitrogens with one attached hydrogen (secondary N) is 1. The van der Waals surface area contributed by atoms with Gasteiger partial charge in [0.2, 0.25) is 5.91 Å². The lowest BCUT2D eigenvalue weighted by molar-refractivity contribution is -0.123. The van der Waals surface area contributed by atoms with Crippen LogP contribution < -0.4 is 5.32 Å². The number of aliphatic hydroxyl groups excluding tert-OH is 2. The molecule has 3 N–H and O–H groups in total. The summed E-state index contributed by atoms with van der Waals surface area (Å²) in [5.74, 6) is -0.0643. The molecule has 0 aromatic heterocycles. The SMILES string of the molecule is CCCCCCCCCCCCCCCC/C=C/C(O)C(CO)NC(=O)CCCCCCCCCCCCCC. The molecule has 0 heterocycles. The van der Waals surface area contributed by atoms with Gasteiger partial charge in [0.05, 0.1) is 18.8 Å². The Morgan fingerprint density at radius 1 is 0.575 bits per heavy atom. The van der Waals surface area contributed by atoms with Crippen molar-refractivity contribution in [2.75, 3.05) is 6.61 Å². The molecule has 0 radical (unpaired) electrons. The summed E-state index contributed by atoms with van der Waals surface area (Å²) < 4.78 is 0. The zero-order chi connectivity index (χ0) is 29.4. The van der Waals surface area contributed by atoms with Crippen molar-refractivity contribution in [2.45, 2.75) is 206 Å². The van der Waals surface area contributed by atoms with E-state index < -0.39 is 12.1 Å². The molecular weight excluding hydrogens is 494 g/mol. The molecule has 2 unspecified atom stereocenters. The minimum atomic E-state index is -0.831. The van der Waals surface area contributed by atoms with Crippen LogP contribution in [0.3, 0.4) is 0 Å². The van der Waals surface area contributed by atoms with Crippen LogP contribution in [0.15, 0.2) is 12.2 Å². The van der Waals surface area contributed by atoms with Crippen LogP contribution in [0.25, 0.3) is 0 Å². The van der Waals surface area contributed by atoms with Crippen molar-refractivity contribution in [3.05, 3.63) is 12.2 Å². The van der Waals surface area contributed by atoms with Crippen LogP contribution in [0.1, 0.15) is 194 Å². The van der Waals surface area contributed by atoms with Gasteiger partial charge < -0.3 is 15.5 Å². The van der Waals surface area contributed by atoms with Crippen molar-refractivity contribution < 1.29 is 15.0 Å². The molecule has 0 aliphatic rings. The van der Waals surface area contributed by atoms with Gasteiger partial charge in [0.25, 0.3) is 0 Å². The van der Waals surface area contributed by atoms with Crippen LogP contribution in [0, 0.1) is 0 Å². The first kappa shape index (κ1) is 39.1. The lowest BCUT2D eigenvalue weighted by Crippen LogP contribution is -2.45. The van der Waals surface area contributed by atoms with Gasteiger partial charge in [0.1, 0.15) is 0 Å². The van der Waals surface area contributed by atoms with Crippen LogP contribution in [-0.4, -0.2) is 34.9 Å². The normalized spacial score (nSPS) is 13.2. The Morgan fingerprint density at radius 3 is 1.30 bits per heavy atom. The Balaban J connectivity index is 3.61. The average molecular weight is 566 g/mol. The third kappa shape index (κ3) is 28.7. The Bertz CT molecular complexity index is 536. The largest absolute Gasteiger partial charge is 0.394 e. The summed E-state index contributed by atoms with van der Waals surface area (Å²) in [4.78, 5) is 12.3. The predicted octanol–water partition coefficient (Wildman–Crippen LogP) is 10.3. The van der Waals surface area contributed by atoms with E-state index in [1.807, 2.05) is 6.08 Å². The maximum absolute atomic E-state index is 12.3. The van der Waals surface area contributed by atoms with Crippen LogP contribution in [0.2, 0.25) is 0 Å². The van der Waals surface area contributed by atoms with Crippen LogP contribution in [-0.2, 0) is 4.79 Å². The maximum Gasteiger partial charge on any atom is 0.220 e. The number of rotatable bonds is 32. The highest BCUT2D eigenvalue weighted by Gasteiger charge is 2.17. The lowest BCUT2D eigenvalue weighted by Gasteiger charge is -2.20. The zero-order valence-electron chi connectivity index (χ0n) is 27.1. The number of hydrogen-bond acceptors (Lipinski definition) is 3. The highest BCUT2D eigenvalue weighted by molar-refractivity contribution is 5.76. The quantitative estimate of drug-likeness (QED) is 0.0561. The lowest BCUT2D eigenvalue weighted by atomic mass is 10.0. The van der Waals surface area contributed by atoms with Crippen LogP contribution >= 0.6 is 0 Å². The fraction of sp³-hybridized carbons (Fsp3) is 0.917. The van der Waals surface area contributed by atoms with E-state index in [0.29, 0.717) is 6.42 Å². The van der Waals surface area contributed by atoms with Gasteiger partial charge in [-0.05, 0) is 19.3 Å². The van der Waals surface area contributed by atoms with Crippen molar-refractivity contribution in [1.82, 2.24) is 5.32 Å². The molecule has 0 rings (SSSR count). The van der Waals surface area contributed by atoms with Crippen LogP contribution in [0.4, 0.5) is 0 Å². The summed E-state index contributed by atoms with van der Waals surface area (Å²) in [6.45, 7) is 4.30. The predicted molar refractivity (Wildman–Crippen MR) is 175 cm³/mol. The van der Waals surface area contributed by atoms with Gasteiger partial charge in [-0.3, -0.25) is 4.79 Å². The molecule has 40 heavy (non-hydrogen) atoms. The van der Waals surface area contributed by atoms with Gasteiger partial charge in [0.15, 0.2) is 0 Å². The standard InChI is InChI=1S/C36H71NO3/c1-3-5-7-9-11-13-15-17-18-19-20-21-23-25-27-29-31-35(39)34(33-38)37-36(40)32-30-28-26-24-22-16-14-12-10-8-6-4-2/h29,31,34-35,38-39H,3-28,30,32-33H2,1-2H3,(H,37,40)/b31-29+. The number of amides is 1. The molecule has 4 heteroatoms. The molecule has 0 fully saturated rings. The number of carbonyl (C=O) groups is 1. The highest BCUT2D eigenvalue weighted by Crippen LogP contribution is 2.14.